The lowest BCUT2D eigenvalue weighted by Gasteiger charge is -2.11. The Morgan fingerprint density at radius 1 is 1.25 bits per heavy atom. The number of anilines is 1. The summed E-state index contributed by atoms with van der Waals surface area (Å²) in [6, 6.07) is 6.16. The van der Waals surface area contributed by atoms with E-state index >= 15 is 0 Å². The quantitative estimate of drug-likeness (QED) is 0.862. The molecule has 0 atom stereocenters. The van der Waals surface area contributed by atoms with Gasteiger partial charge in [-0.3, -0.25) is 0 Å². The number of rotatable bonds is 3. The van der Waals surface area contributed by atoms with Crippen molar-refractivity contribution in [3.05, 3.63) is 40.3 Å². The minimum Gasteiger partial charge on any atom is -0.459 e. The van der Waals surface area contributed by atoms with Crippen LogP contribution in [-0.4, -0.2) is 12.1 Å². The van der Waals surface area contributed by atoms with Gasteiger partial charge in [0.05, 0.1) is 6.10 Å². The molecule has 2 rings (SSSR count). The highest BCUT2D eigenvalue weighted by atomic mass is 32.1. The predicted molar refractivity (Wildman–Crippen MR) is 84.2 cm³/mol. The van der Waals surface area contributed by atoms with Crippen LogP contribution in [0.3, 0.4) is 0 Å². The molecule has 2 aromatic rings. The lowest BCUT2D eigenvalue weighted by molar-refractivity contribution is 0.0380. The van der Waals surface area contributed by atoms with Crippen LogP contribution in [0.1, 0.15) is 35.3 Å². The van der Waals surface area contributed by atoms with E-state index in [1.165, 1.54) is 16.9 Å². The number of nitrogen functional groups attached to an aromatic ring is 1. The van der Waals surface area contributed by atoms with Gasteiger partial charge in [0.1, 0.15) is 10.6 Å². The number of carbonyl (C=O) groups excluding carboxylic acids is 1. The van der Waals surface area contributed by atoms with E-state index in [-0.39, 0.29) is 12.1 Å². The van der Waals surface area contributed by atoms with Crippen LogP contribution in [0.15, 0.2) is 23.6 Å². The van der Waals surface area contributed by atoms with Gasteiger partial charge in [0.2, 0.25) is 0 Å². The molecule has 1 aromatic heterocycles. The Balaban J connectivity index is 2.50. The molecule has 0 saturated heterocycles. The van der Waals surface area contributed by atoms with Crippen LogP contribution >= 0.6 is 11.3 Å². The summed E-state index contributed by atoms with van der Waals surface area (Å²) < 4.78 is 5.29. The Morgan fingerprint density at radius 3 is 2.55 bits per heavy atom. The zero-order valence-electron chi connectivity index (χ0n) is 12.2. The third-order valence-electron chi connectivity index (χ3n) is 3.04. The minimum atomic E-state index is -0.353. The fourth-order valence-corrected chi connectivity index (χ4v) is 2.97. The van der Waals surface area contributed by atoms with Gasteiger partial charge in [-0.25, -0.2) is 4.79 Å². The van der Waals surface area contributed by atoms with Gasteiger partial charge >= 0.3 is 5.97 Å². The molecule has 0 aliphatic heterocycles. The Morgan fingerprint density at radius 2 is 1.95 bits per heavy atom. The summed E-state index contributed by atoms with van der Waals surface area (Å²) >= 11 is 1.37. The second-order valence-corrected chi connectivity index (χ2v) is 6.07. The summed E-state index contributed by atoms with van der Waals surface area (Å²) in [5.74, 6) is -0.353. The van der Waals surface area contributed by atoms with E-state index in [0.29, 0.717) is 10.6 Å². The topological polar surface area (TPSA) is 52.3 Å². The predicted octanol–water partition coefficient (Wildman–Crippen LogP) is 4.18. The Labute approximate surface area is 123 Å². The number of thiophene rings is 1. The molecule has 0 fully saturated rings. The van der Waals surface area contributed by atoms with Crippen molar-refractivity contribution in [2.45, 2.75) is 33.8 Å². The number of ether oxygens (including phenoxy) is 1. The normalized spacial score (nSPS) is 10.8. The van der Waals surface area contributed by atoms with Gasteiger partial charge in [0, 0.05) is 10.9 Å². The first-order chi connectivity index (χ1) is 9.40. The molecular weight excluding hydrogens is 270 g/mol. The van der Waals surface area contributed by atoms with Crippen molar-refractivity contribution in [1.29, 1.82) is 0 Å². The van der Waals surface area contributed by atoms with Crippen molar-refractivity contribution < 1.29 is 9.53 Å². The second kappa shape index (κ2) is 5.67. The highest BCUT2D eigenvalue weighted by Gasteiger charge is 2.21. The molecule has 4 heteroatoms. The highest BCUT2D eigenvalue weighted by Crippen LogP contribution is 2.36. The lowest BCUT2D eigenvalue weighted by atomic mass is 9.98. The molecule has 1 heterocycles. The largest absolute Gasteiger partial charge is 0.459 e. The number of esters is 1. The van der Waals surface area contributed by atoms with Gasteiger partial charge in [0.25, 0.3) is 0 Å². The van der Waals surface area contributed by atoms with Gasteiger partial charge in [-0.2, -0.15) is 0 Å². The number of hydrogen-bond acceptors (Lipinski definition) is 4. The maximum absolute atomic E-state index is 12.2. The number of carbonyl (C=O) groups is 1. The Kier molecular flexibility index (Phi) is 4.14. The first kappa shape index (κ1) is 14.6. The van der Waals surface area contributed by atoms with Gasteiger partial charge in [-0.1, -0.05) is 23.8 Å². The Bertz CT molecular complexity index is 644. The van der Waals surface area contributed by atoms with Gasteiger partial charge in [-0.15, -0.1) is 11.3 Å². The zero-order valence-corrected chi connectivity index (χ0v) is 13.0. The molecule has 1 aromatic carbocycles. The van der Waals surface area contributed by atoms with Crippen molar-refractivity contribution in [3.63, 3.8) is 0 Å². The van der Waals surface area contributed by atoms with Crippen LogP contribution in [-0.2, 0) is 4.74 Å². The SMILES string of the molecule is Cc1ccc(-c2csc(N)c2C(=O)OC(C)C)c(C)c1. The molecular formula is C16H19NO2S. The van der Waals surface area contributed by atoms with E-state index in [4.69, 9.17) is 10.5 Å². The molecule has 0 bridgehead atoms. The van der Waals surface area contributed by atoms with Crippen LogP contribution in [0.2, 0.25) is 0 Å². The molecule has 0 aliphatic carbocycles. The average molecular weight is 289 g/mol. The van der Waals surface area contributed by atoms with E-state index in [1.807, 2.05) is 45.2 Å². The summed E-state index contributed by atoms with van der Waals surface area (Å²) in [7, 11) is 0. The monoisotopic (exact) mass is 289 g/mol. The van der Waals surface area contributed by atoms with Crippen molar-refractivity contribution in [1.82, 2.24) is 0 Å². The van der Waals surface area contributed by atoms with Crippen molar-refractivity contribution in [3.8, 4) is 11.1 Å². The van der Waals surface area contributed by atoms with Crippen molar-refractivity contribution in [2.24, 2.45) is 0 Å². The van der Waals surface area contributed by atoms with Gasteiger partial charge in [-0.05, 0) is 38.8 Å². The van der Waals surface area contributed by atoms with Crippen LogP contribution < -0.4 is 5.73 Å². The molecule has 2 N–H and O–H groups in total. The van der Waals surface area contributed by atoms with E-state index in [2.05, 4.69) is 6.07 Å². The lowest BCUT2D eigenvalue weighted by Crippen LogP contribution is -2.13. The summed E-state index contributed by atoms with van der Waals surface area (Å²) in [6.45, 7) is 7.75. The van der Waals surface area contributed by atoms with Crippen LogP contribution in [0.5, 0.6) is 0 Å². The van der Waals surface area contributed by atoms with Crippen molar-refractivity contribution >= 4 is 22.3 Å². The van der Waals surface area contributed by atoms with Gasteiger partial charge < -0.3 is 10.5 Å². The third-order valence-corrected chi connectivity index (χ3v) is 3.85. The molecule has 0 aliphatic rings. The first-order valence-electron chi connectivity index (χ1n) is 6.55. The molecule has 106 valence electrons. The van der Waals surface area contributed by atoms with E-state index in [9.17, 15) is 4.79 Å². The van der Waals surface area contributed by atoms with Crippen molar-refractivity contribution in [2.75, 3.05) is 5.73 Å². The molecule has 0 saturated carbocycles. The van der Waals surface area contributed by atoms with Crippen LogP contribution in [0.4, 0.5) is 5.00 Å². The standard InChI is InChI=1S/C16H19NO2S/c1-9(2)19-16(18)14-13(8-20-15(14)17)12-6-5-10(3)7-11(12)4/h5-9H,17H2,1-4H3. The van der Waals surface area contributed by atoms with E-state index in [0.717, 1.165) is 16.7 Å². The minimum absolute atomic E-state index is 0.159. The fraction of sp³-hybridized carbons (Fsp3) is 0.312. The maximum Gasteiger partial charge on any atom is 0.342 e. The highest BCUT2D eigenvalue weighted by molar-refractivity contribution is 7.15. The fourth-order valence-electron chi connectivity index (χ4n) is 2.17. The summed E-state index contributed by atoms with van der Waals surface area (Å²) in [4.78, 5) is 12.2. The van der Waals surface area contributed by atoms with Crippen LogP contribution in [0.25, 0.3) is 11.1 Å². The molecule has 0 unspecified atom stereocenters. The van der Waals surface area contributed by atoms with E-state index < -0.39 is 0 Å². The first-order valence-corrected chi connectivity index (χ1v) is 7.43. The summed E-state index contributed by atoms with van der Waals surface area (Å²) in [5.41, 5.74) is 10.6. The average Bonchev–Trinajstić information content (AvgIpc) is 2.70. The molecule has 0 spiro atoms. The Hall–Kier alpha value is -1.81. The summed E-state index contributed by atoms with van der Waals surface area (Å²) in [6.07, 6.45) is -0.159. The number of hydrogen-bond donors (Lipinski definition) is 1. The smallest absolute Gasteiger partial charge is 0.342 e. The number of benzene rings is 1. The summed E-state index contributed by atoms with van der Waals surface area (Å²) in [5, 5.41) is 2.43. The number of aryl methyl sites for hydroxylation is 2. The zero-order chi connectivity index (χ0) is 14.9. The molecule has 3 nitrogen and oxygen atoms in total. The van der Waals surface area contributed by atoms with E-state index in [1.54, 1.807) is 0 Å². The molecule has 0 amide bonds. The molecule has 20 heavy (non-hydrogen) atoms. The molecule has 0 radical (unpaired) electrons. The van der Waals surface area contributed by atoms with Crippen LogP contribution in [0, 0.1) is 13.8 Å². The second-order valence-electron chi connectivity index (χ2n) is 5.16. The maximum atomic E-state index is 12.2. The third kappa shape index (κ3) is 2.85. The number of nitrogens with two attached hydrogens (primary N) is 1. The van der Waals surface area contributed by atoms with Gasteiger partial charge in [0.15, 0.2) is 0 Å².